The van der Waals surface area contributed by atoms with Gasteiger partial charge in [-0.2, -0.15) is 0 Å². The van der Waals surface area contributed by atoms with Gasteiger partial charge in [0.05, 0.1) is 17.8 Å². The monoisotopic (exact) mass is 311 g/mol. The van der Waals surface area contributed by atoms with Crippen molar-refractivity contribution in [3.63, 3.8) is 0 Å². The number of rotatable bonds is 4. The first kappa shape index (κ1) is 14.5. The van der Waals surface area contributed by atoms with Crippen molar-refractivity contribution in [2.24, 2.45) is 0 Å². The topological polar surface area (TPSA) is 46.9 Å². The number of carbonyl (C=O) groups is 1. The molecule has 0 bridgehead atoms. The molecule has 0 aromatic carbocycles. The molecule has 3 heterocycles. The van der Waals surface area contributed by atoms with E-state index < -0.39 is 0 Å². The van der Waals surface area contributed by atoms with Gasteiger partial charge in [-0.1, -0.05) is 6.07 Å². The van der Waals surface area contributed by atoms with E-state index in [1.165, 1.54) is 0 Å². The average molecular weight is 311 g/mol. The number of amides is 1. The number of hydrogen-bond acceptors (Lipinski definition) is 3. The Morgan fingerprint density at radius 2 is 2.00 bits per heavy atom. The van der Waals surface area contributed by atoms with E-state index in [9.17, 15) is 4.79 Å². The largest absolute Gasteiger partial charge is 0.346 e. The lowest BCUT2D eigenvalue weighted by molar-refractivity contribution is 0.0950. The minimum absolute atomic E-state index is 0.0591. The molecule has 3 aromatic heterocycles. The molecule has 3 rings (SSSR count). The number of hydrogen-bond donors (Lipinski definition) is 1. The third kappa shape index (κ3) is 2.80. The number of thiophene rings is 1. The van der Waals surface area contributed by atoms with E-state index in [4.69, 9.17) is 0 Å². The molecule has 1 amide bonds. The molecule has 0 saturated carbocycles. The highest BCUT2D eigenvalue weighted by Gasteiger charge is 2.20. The van der Waals surface area contributed by atoms with Gasteiger partial charge in [0.15, 0.2) is 0 Å². The first-order chi connectivity index (χ1) is 10.7. The molecule has 0 aliphatic rings. The number of nitrogens with zero attached hydrogens (tertiary/aromatic N) is 2. The van der Waals surface area contributed by atoms with Crippen LogP contribution < -0.4 is 5.32 Å². The second-order valence-corrected chi connectivity index (χ2v) is 6.26. The van der Waals surface area contributed by atoms with Crippen molar-refractivity contribution in [3.8, 4) is 5.00 Å². The van der Waals surface area contributed by atoms with Crippen LogP contribution in [0, 0.1) is 13.8 Å². The van der Waals surface area contributed by atoms with Crippen LogP contribution in [0.5, 0.6) is 0 Å². The molecular formula is C17H17N3OS. The van der Waals surface area contributed by atoms with Crippen molar-refractivity contribution in [1.82, 2.24) is 14.9 Å². The Morgan fingerprint density at radius 1 is 1.23 bits per heavy atom. The van der Waals surface area contributed by atoms with Crippen molar-refractivity contribution in [3.05, 3.63) is 70.6 Å². The van der Waals surface area contributed by atoms with Gasteiger partial charge < -0.3 is 9.88 Å². The summed E-state index contributed by atoms with van der Waals surface area (Å²) in [5.41, 5.74) is 2.63. The molecule has 0 aliphatic carbocycles. The first-order valence-corrected chi connectivity index (χ1v) is 7.90. The SMILES string of the molecule is Cc1sc(-n2cccc2)c(C(=O)NCc2ccccn2)c1C. The van der Waals surface area contributed by atoms with Crippen LogP contribution in [0.1, 0.15) is 26.5 Å². The summed E-state index contributed by atoms with van der Waals surface area (Å²) in [6.07, 6.45) is 5.65. The van der Waals surface area contributed by atoms with Gasteiger partial charge in [0.25, 0.3) is 5.91 Å². The predicted octanol–water partition coefficient (Wildman–Crippen LogP) is 3.48. The van der Waals surface area contributed by atoms with Gasteiger partial charge in [0.1, 0.15) is 5.00 Å². The van der Waals surface area contributed by atoms with Crippen LogP contribution >= 0.6 is 11.3 Å². The van der Waals surface area contributed by atoms with Gasteiger partial charge in [-0.05, 0) is 43.7 Å². The smallest absolute Gasteiger partial charge is 0.254 e. The summed E-state index contributed by atoms with van der Waals surface area (Å²) >= 11 is 1.64. The maximum atomic E-state index is 12.6. The Hall–Kier alpha value is -2.40. The van der Waals surface area contributed by atoms with Crippen LogP contribution in [0.4, 0.5) is 0 Å². The van der Waals surface area contributed by atoms with Crippen molar-refractivity contribution in [2.45, 2.75) is 20.4 Å². The zero-order valence-electron chi connectivity index (χ0n) is 12.5. The zero-order valence-corrected chi connectivity index (χ0v) is 13.4. The summed E-state index contributed by atoms with van der Waals surface area (Å²) in [5.74, 6) is -0.0591. The second kappa shape index (κ2) is 6.15. The summed E-state index contributed by atoms with van der Waals surface area (Å²) < 4.78 is 1.99. The number of aromatic nitrogens is 2. The van der Waals surface area contributed by atoms with Crippen LogP contribution in [-0.2, 0) is 6.54 Å². The lowest BCUT2D eigenvalue weighted by atomic mass is 10.1. The molecule has 0 spiro atoms. The van der Waals surface area contributed by atoms with Crippen molar-refractivity contribution in [1.29, 1.82) is 0 Å². The van der Waals surface area contributed by atoms with Crippen LogP contribution in [0.25, 0.3) is 5.00 Å². The van der Waals surface area contributed by atoms with E-state index in [0.29, 0.717) is 6.54 Å². The number of carbonyl (C=O) groups excluding carboxylic acids is 1. The molecule has 0 aliphatic heterocycles. The van der Waals surface area contributed by atoms with E-state index in [1.807, 2.05) is 61.1 Å². The molecule has 1 N–H and O–H groups in total. The van der Waals surface area contributed by atoms with Crippen LogP contribution in [0.3, 0.4) is 0 Å². The highest BCUT2D eigenvalue weighted by Crippen LogP contribution is 2.30. The molecule has 5 heteroatoms. The Labute approximate surface area is 133 Å². The molecule has 0 saturated heterocycles. The summed E-state index contributed by atoms with van der Waals surface area (Å²) in [4.78, 5) is 18.0. The fraction of sp³-hybridized carbons (Fsp3) is 0.176. The minimum atomic E-state index is -0.0591. The number of nitrogens with one attached hydrogen (secondary N) is 1. The van der Waals surface area contributed by atoms with Crippen molar-refractivity contribution < 1.29 is 4.79 Å². The summed E-state index contributed by atoms with van der Waals surface area (Å²) in [5, 5.41) is 3.92. The second-order valence-electron chi connectivity index (χ2n) is 5.06. The van der Waals surface area contributed by atoms with E-state index in [2.05, 4.69) is 10.3 Å². The number of pyridine rings is 1. The molecule has 0 unspecified atom stereocenters. The van der Waals surface area contributed by atoms with E-state index in [0.717, 1.165) is 26.7 Å². The Bertz CT molecular complexity index is 776. The van der Waals surface area contributed by atoms with Gasteiger partial charge in [0, 0.05) is 23.5 Å². The molecule has 22 heavy (non-hydrogen) atoms. The highest BCUT2D eigenvalue weighted by molar-refractivity contribution is 7.15. The molecular weight excluding hydrogens is 294 g/mol. The molecule has 3 aromatic rings. The van der Waals surface area contributed by atoms with E-state index in [1.54, 1.807) is 17.5 Å². The minimum Gasteiger partial charge on any atom is -0.346 e. The fourth-order valence-electron chi connectivity index (χ4n) is 2.29. The third-order valence-electron chi connectivity index (χ3n) is 3.59. The molecule has 4 nitrogen and oxygen atoms in total. The van der Waals surface area contributed by atoms with Gasteiger partial charge in [0.2, 0.25) is 0 Å². The number of aryl methyl sites for hydroxylation is 1. The average Bonchev–Trinajstić information content (AvgIpc) is 3.15. The van der Waals surface area contributed by atoms with Crippen molar-refractivity contribution >= 4 is 17.2 Å². The summed E-state index contributed by atoms with van der Waals surface area (Å²) in [6.45, 7) is 4.47. The molecule has 0 radical (unpaired) electrons. The zero-order chi connectivity index (χ0) is 15.5. The van der Waals surface area contributed by atoms with Crippen molar-refractivity contribution in [2.75, 3.05) is 0 Å². The summed E-state index contributed by atoms with van der Waals surface area (Å²) in [6, 6.07) is 9.60. The van der Waals surface area contributed by atoms with Gasteiger partial charge in [-0.15, -0.1) is 11.3 Å². The lowest BCUT2D eigenvalue weighted by Crippen LogP contribution is -2.24. The van der Waals surface area contributed by atoms with Gasteiger partial charge in [-0.25, -0.2) is 0 Å². The molecule has 112 valence electrons. The summed E-state index contributed by atoms with van der Waals surface area (Å²) in [7, 11) is 0. The fourth-order valence-corrected chi connectivity index (χ4v) is 3.41. The third-order valence-corrected chi connectivity index (χ3v) is 4.81. The van der Waals surface area contributed by atoms with Gasteiger partial charge in [-0.3, -0.25) is 9.78 Å². The highest BCUT2D eigenvalue weighted by atomic mass is 32.1. The quantitative estimate of drug-likeness (QED) is 0.802. The Kier molecular flexibility index (Phi) is 4.06. The standard InChI is InChI=1S/C17H17N3OS/c1-12-13(2)22-17(20-9-5-6-10-20)15(12)16(21)19-11-14-7-3-4-8-18-14/h3-10H,11H2,1-2H3,(H,19,21). The first-order valence-electron chi connectivity index (χ1n) is 7.08. The van der Waals surface area contributed by atoms with Crippen LogP contribution in [0.2, 0.25) is 0 Å². The van der Waals surface area contributed by atoms with Crippen LogP contribution in [-0.4, -0.2) is 15.5 Å². The molecule has 0 atom stereocenters. The maximum absolute atomic E-state index is 12.6. The Morgan fingerprint density at radius 3 is 2.68 bits per heavy atom. The van der Waals surface area contributed by atoms with Crippen LogP contribution in [0.15, 0.2) is 48.9 Å². The normalized spacial score (nSPS) is 10.6. The Balaban J connectivity index is 1.86. The molecule has 0 fully saturated rings. The van der Waals surface area contributed by atoms with Gasteiger partial charge >= 0.3 is 0 Å². The predicted molar refractivity (Wildman–Crippen MR) is 88.5 cm³/mol. The van der Waals surface area contributed by atoms with E-state index in [-0.39, 0.29) is 5.91 Å². The van der Waals surface area contributed by atoms with E-state index >= 15 is 0 Å². The lowest BCUT2D eigenvalue weighted by Gasteiger charge is -2.08. The maximum Gasteiger partial charge on any atom is 0.254 e.